The fraction of sp³-hybridized carbons (Fsp3) is 0.385. The van der Waals surface area contributed by atoms with Gasteiger partial charge in [0.1, 0.15) is 0 Å². The second-order valence-corrected chi connectivity index (χ2v) is 4.73. The van der Waals surface area contributed by atoms with Crippen LogP contribution in [-0.2, 0) is 0 Å². The fourth-order valence-electron chi connectivity index (χ4n) is 2.12. The summed E-state index contributed by atoms with van der Waals surface area (Å²) >= 11 is 0. The van der Waals surface area contributed by atoms with E-state index in [1.165, 1.54) is 0 Å². The van der Waals surface area contributed by atoms with E-state index in [1.54, 1.807) is 13.8 Å². The topological polar surface area (TPSA) is 34.1 Å². The first-order chi connectivity index (χ1) is 6.87. The molecule has 0 radical (unpaired) electrons. The molecule has 0 bridgehead atoms. The lowest BCUT2D eigenvalue weighted by Gasteiger charge is -2.11. The molecular weight excluding hydrogens is 188 g/mol. The highest BCUT2D eigenvalue weighted by molar-refractivity contribution is 6.30. The fourth-order valence-corrected chi connectivity index (χ4v) is 2.12. The summed E-state index contributed by atoms with van der Waals surface area (Å²) in [5, 5.41) is 0. The maximum atomic E-state index is 12.1. The van der Waals surface area contributed by atoms with Crippen LogP contribution in [0.3, 0.4) is 0 Å². The third kappa shape index (κ3) is 1.11. The molecule has 1 aromatic carbocycles. The van der Waals surface area contributed by atoms with Crippen LogP contribution in [0.25, 0.3) is 0 Å². The van der Waals surface area contributed by atoms with Crippen LogP contribution >= 0.6 is 0 Å². The first kappa shape index (κ1) is 10.1. The average molecular weight is 202 g/mol. The minimum Gasteiger partial charge on any atom is -0.293 e. The summed E-state index contributed by atoms with van der Waals surface area (Å²) in [6.45, 7) is 7.17. The summed E-state index contributed by atoms with van der Waals surface area (Å²) in [5.41, 5.74) is 2.19. The normalized spacial score (nSPS) is 18.1. The van der Waals surface area contributed by atoms with Gasteiger partial charge in [0.2, 0.25) is 0 Å². The molecule has 2 heteroatoms. The lowest BCUT2D eigenvalue weighted by Crippen LogP contribution is -2.25. The van der Waals surface area contributed by atoms with Crippen molar-refractivity contribution in [3.8, 4) is 0 Å². The highest BCUT2D eigenvalue weighted by atomic mass is 16.2. The first-order valence-electron chi connectivity index (χ1n) is 5.07. The maximum Gasteiger partial charge on any atom is 0.177 e. The molecule has 0 unspecified atom stereocenters. The van der Waals surface area contributed by atoms with E-state index < -0.39 is 5.41 Å². The number of rotatable bonds is 0. The molecule has 0 N–H and O–H groups in total. The van der Waals surface area contributed by atoms with Crippen LogP contribution in [0.15, 0.2) is 12.1 Å². The molecule has 0 saturated heterocycles. The van der Waals surface area contributed by atoms with E-state index in [4.69, 9.17) is 0 Å². The number of hydrogen-bond donors (Lipinski definition) is 0. The zero-order chi connectivity index (χ0) is 11.4. The molecule has 0 amide bonds. The molecule has 1 aliphatic carbocycles. The summed E-state index contributed by atoms with van der Waals surface area (Å²) in [7, 11) is 0. The van der Waals surface area contributed by atoms with Gasteiger partial charge in [-0.1, -0.05) is 12.1 Å². The van der Waals surface area contributed by atoms with Gasteiger partial charge in [0.25, 0.3) is 0 Å². The molecule has 15 heavy (non-hydrogen) atoms. The Hall–Kier alpha value is -1.44. The van der Waals surface area contributed by atoms with Gasteiger partial charge in [0, 0.05) is 11.1 Å². The third-order valence-corrected chi connectivity index (χ3v) is 3.21. The smallest absolute Gasteiger partial charge is 0.177 e. The number of hydrogen-bond acceptors (Lipinski definition) is 2. The van der Waals surface area contributed by atoms with Crippen LogP contribution in [0.4, 0.5) is 0 Å². The van der Waals surface area contributed by atoms with Crippen molar-refractivity contribution in [3.05, 3.63) is 34.4 Å². The third-order valence-electron chi connectivity index (χ3n) is 3.21. The lowest BCUT2D eigenvalue weighted by molar-refractivity contribution is 0.0746. The van der Waals surface area contributed by atoms with Crippen molar-refractivity contribution >= 4 is 11.6 Å². The predicted octanol–water partition coefficient (Wildman–Crippen LogP) is 2.71. The monoisotopic (exact) mass is 202 g/mol. The Balaban J connectivity index is 2.84. The van der Waals surface area contributed by atoms with Crippen molar-refractivity contribution in [1.82, 2.24) is 0 Å². The quantitative estimate of drug-likeness (QED) is 0.606. The summed E-state index contributed by atoms with van der Waals surface area (Å²) in [4.78, 5) is 24.2. The van der Waals surface area contributed by atoms with Crippen molar-refractivity contribution in [2.24, 2.45) is 5.41 Å². The van der Waals surface area contributed by atoms with E-state index in [2.05, 4.69) is 0 Å². The maximum absolute atomic E-state index is 12.1. The van der Waals surface area contributed by atoms with Gasteiger partial charge in [-0.15, -0.1) is 0 Å². The molecule has 0 saturated carbocycles. The Morgan fingerprint density at radius 1 is 0.867 bits per heavy atom. The van der Waals surface area contributed by atoms with Gasteiger partial charge in [-0.3, -0.25) is 9.59 Å². The van der Waals surface area contributed by atoms with Gasteiger partial charge in [-0.25, -0.2) is 0 Å². The number of carbonyl (C=O) groups is 2. The van der Waals surface area contributed by atoms with Crippen molar-refractivity contribution < 1.29 is 9.59 Å². The SMILES string of the molecule is Cc1ccc(C)c2c1C(=O)C(C)(C)C2=O. The van der Waals surface area contributed by atoms with Crippen molar-refractivity contribution in [1.29, 1.82) is 0 Å². The van der Waals surface area contributed by atoms with Gasteiger partial charge in [-0.05, 0) is 38.8 Å². The lowest BCUT2D eigenvalue weighted by atomic mass is 9.87. The summed E-state index contributed by atoms with van der Waals surface area (Å²) < 4.78 is 0. The first-order valence-corrected chi connectivity index (χ1v) is 5.07. The standard InChI is InChI=1S/C13H14O2/c1-7-5-6-8(2)10-9(7)11(14)13(3,4)12(10)15/h5-6H,1-4H3. The summed E-state index contributed by atoms with van der Waals surface area (Å²) in [6, 6.07) is 3.81. The number of Topliss-reactive ketones (excluding diaryl/α,β-unsaturated/α-hetero) is 2. The number of ketones is 2. The van der Waals surface area contributed by atoms with Gasteiger partial charge >= 0.3 is 0 Å². The van der Waals surface area contributed by atoms with Gasteiger partial charge < -0.3 is 0 Å². The van der Waals surface area contributed by atoms with Crippen LogP contribution in [0, 0.1) is 19.3 Å². The molecule has 78 valence electrons. The molecule has 0 aromatic heterocycles. The number of fused-ring (bicyclic) bond motifs is 1. The van der Waals surface area contributed by atoms with Crippen LogP contribution in [-0.4, -0.2) is 11.6 Å². The second kappa shape index (κ2) is 2.78. The predicted molar refractivity (Wildman–Crippen MR) is 58.4 cm³/mol. The van der Waals surface area contributed by atoms with E-state index in [0.717, 1.165) is 11.1 Å². The number of benzene rings is 1. The Labute approximate surface area is 89.3 Å². The molecule has 2 nitrogen and oxygen atoms in total. The van der Waals surface area contributed by atoms with Crippen molar-refractivity contribution in [2.45, 2.75) is 27.7 Å². The number of carbonyl (C=O) groups excluding carboxylic acids is 2. The highest BCUT2D eigenvalue weighted by Crippen LogP contribution is 2.39. The average Bonchev–Trinajstić information content (AvgIpc) is 2.35. The van der Waals surface area contributed by atoms with E-state index in [-0.39, 0.29) is 11.6 Å². The van der Waals surface area contributed by atoms with E-state index >= 15 is 0 Å². The van der Waals surface area contributed by atoms with Gasteiger partial charge in [0.15, 0.2) is 11.6 Å². The van der Waals surface area contributed by atoms with Crippen LogP contribution in [0.5, 0.6) is 0 Å². The number of aryl methyl sites for hydroxylation is 2. The molecule has 0 spiro atoms. The van der Waals surface area contributed by atoms with Crippen molar-refractivity contribution in [2.75, 3.05) is 0 Å². The highest BCUT2D eigenvalue weighted by Gasteiger charge is 2.46. The Morgan fingerprint density at radius 2 is 1.20 bits per heavy atom. The largest absolute Gasteiger partial charge is 0.293 e. The Bertz CT molecular complexity index is 439. The van der Waals surface area contributed by atoms with E-state index in [1.807, 2.05) is 26.0 Å². The van der Waals surface area contributed by atoms with Crippen LogP contribution in [0.1, 0.15) is 45.7 Å². The van der Waals surface area contributed by atoms with E-state index in [0.29, 0.717) is 11.1 Å². The molecule has 2 rings (SSSR count). The summed E-state index contributed by atoms with van der Waals surface area (Å²) in [5.74, 6) is -0.0765. The molecule has 1 aliphatic rings. The van der Waals surface area contributed by atoms with Crippen LogP contribution < -0.4 is 0 Å². The summed E-state index contributed by atoms with van der Waals surface area (Å²) in [6.07, 6.45) is 0. The molecule has 1 aromatic rings. The van der Waals surface area contributed by atoms with Crippen molar-refractivity contribution in [3.63, 3.8) is 0 Å². The Kier molecular flexibility index (Phi) is 1.87. The minimum atomic E-state index is -0.876. The Morgan fingerprint density at radius 3 is 1.53 bits per heavy atom. The van der Waals surface area contributed by atoms with Gasteiger partial charge in [-0.2, -0.15) is 0 Å². The molecule has 0 heterocycles. The molecule has 0 aliphatic heterocycles. The zero-order valence-corrected chi connectivity index (χ0v) is 9.47. The molecular formula is C13H14O2. The molecule has 0 atom stereocenters. The van der Waals surface area contributed by atoms with Gasteiger partial charge in [0.05, 0.1) is 5.41 Å². The second-order valence-electron chi connectivity index (χ2n) is 4.73. The zero-order valence-electron chi connectivity index (χ0n) is 9.47. The molecule has 0 fully saturated rings. The minimum absolute atomic E-state index is 0.0382. The van der Waals surface area contributed by atoms with E-state index in [9.17, 15) is 9.59 Å². The van der Waals surface area contributed by atoms with Crippen LogP contribution in [0.2, 0.25) is 0 Å².